The van der Waals surface area contributed by atoms with Crippen LogP contribution < -0.4 is 5.73 Å². The normalized spacial score (nSPS) is 13.0. The van der Waals surface area contributed by atoms with Crippen molar-refractivity contribution in [2.45, 2.75) is 116 Å². The fourth-order valence-corrected chi connectivity index (χ4v) is 2.80. The molecule has 1 atom stereocenters. The van der Waals surface area contributed by atoms with Gasteiger partial charge < -0.3 is 5.73 Å². The molecule has 0 saturated carbocycles. The summed E-state index contributed by atoms with van der Waals surface area (Å²) >= 11 is 0. The molecule has 0 aliphatic heterocycles. The van der Waals surface area contributed by atoms with Crippen LogP contribution in [0.15, 0.2) is 12.2 Å². The van der Waals surface area contributed by atoms with Gasteiger partial charge in [-0.05, 0) is 38.5 Å². The van der Waals surface area contributed by atoms with E-state index < -0.39 is 0 Å². The van der Waals surface area contributed by atoms with Gasteiger partial charge in [-0.2, -0.15) is 0 Å². The molecule has 0 heterocycles. The van der Waals surface area contributed by atoms with Gasteiger partial charge in [0.05, 0.1) is 0 Å². The Morgan fingerprint density at radius 3 is 1.68 bits per heavy atom. The van der Waals surface area contributed by atoms with E-state index in [9.17, 15) is 0 Å². The van der Waals surface area contributed by atoms with Crippen molar-refractivity contribution in [2.24, 2.45) is 5.73 Å². The Kier molecular flexibility index (Phi) is 18.5. The highest BCUT2D eigenvalue weighted by molar-refractivity contribution is 4.81. The molecule has 0 aromatic heterocycles. The van der Waals surface area contributed by atoms with Crippen molar-refractivity contribution in [1.82, 2.24) is 0 Å². The highest BCUT2D eigenvalue weighted by Gasteiger charge is 1.98. The molecule has 22 heavy (non-hydrogen) atoms. The van der Waals surface area contributed by atoms with Crippen molar-refractivity contribution >= 4 is 0 Å². The van der Waals surface area contributed by atoms with Gasteiger partial charge in [0.15, 0.2) is 0 Å². The average Bonchev–Trinajstić information content (AvgIpc) is 2.54. The topological polar surface area (TPSA) is 26.0 Å². The third-order valence-corrected chi connectivity index (χ3v) is 4.46. The monoisotopic (exact) mass is 308 g/mol. The third kappa shape index (κ3) is 17.8. The molecule has 0 bridgehead atoms. The molecule has 0 aromatic carbocycles. The maximum Gasteiger partial charge on any atom is 0.00388 e. The van der Waals surface area contributed by atoms with E-state index >= 15 is 0 Å². The summed E-state index contributed by atoms with van der Waals surface area (Å²) in [5.74, 6) is 0. The van der Waals surface area contributed by atoms with Crippen molar-refractivity contribution in [3.05, 3.63) is 19.1 Å². The van der Waals surface area contributed by atoms with Crippen molar-refractivity contribution in [2.75, 3.05) is 0 Å². The molecule has 0 rings (SSSR count). The smallest absolute Gasteiger partial charge is 0.00388 e. The minimum atomic E-state index is 0.330. The second-order valence-electron chi connectivity index (χ2n) is 6.78. The first-order valence-corrected chi connectivity index (χ1v) is 10.0. The van der Waals surface area contributed by atoms with E-state index in [-0.39, 0.29) is 0 Å². The summed E-state index contributed by atoms with van der Waals surface area (Å²) in [5, 5.41) is 0. The third-order valence-electron chi connectivity index (χ3n) is 4.46. The average molecular weight is 309 g/mol. The number of allylic oxidation sites excluding steroid dienone is 2. The molecule has 2 N–H and O–H groups in total. The summed E-state index contributed by atoms with van der Waals surface area (Å²) in [6, 6.07) is 0.330. The predicted octanol–water partition coefficient (Wildman–Crippen LogP) is 6.97. The van der Waals surface area contributed by atoms with Gasteiger partial charge in [0.2, 0.25) is 0 Å². The maximum atomic E-state index is 5.86. The summed E-state index contributed by atoms with van der Waals surface area (Å²) in [5.41, 5.74) is 5.86. The number of hydrogen-bond acceptors (Lipinski definition) is 1. The fourth-order valence-electron chi connectivity index (χ4n) is 2.80. The zero-order valence-electron chi connectivity index (χ0n) is 15.3. The van der Waals surface area contributed by atoms with Crippen LogP contribution in [0.2, 0.25) is 0 Å². The first kappa shape index (κ1) is 21.7. The molecule has 0 aliphatic rings. The molecule has 1 heteroatoms. The van der Waals surface area contributed by atoms with Crippen molar-refractivity contribution in [1.29, 1.82) is 0 Å². The number of rotatable bonds is 17. The number of hydrogen-bond donors (Lipinski definition) is 1. The van der Waals surface area contributed by atoms with Crippen LogP contribution in [-0.2, 0) is 0 Å². The molecule has 0 aliphatic carbocycles. The molecule has 0 saturated heterocycles. The lowest BCUT2D eigenvalue weighted by Gasteiger charge is -2.07. The molecule has 0 spiro atoms. The van der Waals surface area contributed by atoms with Gasteiger partial charge in [0.25, 0.3) is 0 Å². The highest BCUT2D eigenvalue weighted by Crippen LogP contribution is 2.11. The second-order valence-corrected chi connectivity index (χ2v) is 6.78. The van der Waals surface area contributed by atoms with Gasteiger partial charge in [-0.25, -0.2) is 0 Å². The Balaban J connectivity index is 3.08. The molecule has 0 fully saturated rings. The molecule has 1 unspecified atom stereocenters. The van der Waals surface area contributed by atoms with Crippen molar-refractivity contribution < 1.29 is 0 Å². The van der Waals surface area contributed by atoms with Gasteiger partial charge in [-0.15, -0.1) is 0 Å². The van der Waals surface area contributed by atoms with Crippen LogP contribution >= 0.6 is 0 Å². The van der Waals surface area contributed by atoms with Crippen LogP contribution in [0.4, 0.5) is 0 Å². The molecule has 0 amide bonds. The van der Waals surface area contributed by atoms with Crippen molar-refractivity contribution in [3.8, 4) is 0 Å². The van der Waals surface area contributed by atoms with Crippen LogP contribution in [-0.4, -0.2) is 6.04 Å². The lowest BCUT2D eigenvalue weighted by Crippen LogP contribution is -2.17. The Morgan fingerprint density at radius 2 is 1.18 bits per heavy atom. The van der Waals surface area contributed by atoms with Gasteiger partial charge in [-0.3, -0.25) is 0 Å². The quantitative estimate of drug-likeness (QED) is 0.228. The first-order chi connectivity index (χ1) is 10.8. The van der Waals surface area contributed by atoms with E-state index in [0.29, 0.717) is 6.04 Å². The van der Waals surface area contributed by atoms with Gasteiger partial charge in [-0.1, -0.05) is 90.2 Å². The van der Waals surface area contributed by atoms with Crippen LogP contribution in [0, 0.1) is 6.92 Å². The number of nitrogens with two attached hydrogens (primary N) is 1. The van der Waals surface area contributed by atoms with Gasteiger partial charge >= 0.3 is 0 Å². The number of unbranched alkanes of at least 4 members (excludes halogenated alkanes) is 12. The van der Waals surface area contributed by atoms with Gasteiger partial charge in [0, 0.05) is 6.04 Å². The van der Waals surface area contributed by atoms with Crippen LogP contribution in [0.5, 0.6) is 0 Å². The van der Waals surface area contributed by atoms with E-state index in [2.05, 4.69) is 26.0 Å². The largest absolute Gasteiger partial charge is 0.328 e. The Bertz CT molecular complexity index is 222. The standard InChI is InChI=1S/C21H42N/c1-3-5-6-7-8-9-10-11-12-13-14-15-16-17-18-19-20-21(22)4-2/h11-12,21H,2-10,13-20,22H2,1H3/b12-11-. The zero-order valence-corrected chi connectivity index (χ0v) is 15.3. The molecule has 1 nitrogen and oxygen atoms in total. The van der Waals surface area contributed by atoms with Crippen LogP contribution in [0.25, 0.3) is 0 Å². The molecule has 1 radical (unpaired) electrons. The molecule has 0 aromatic rings. The SMILES string of the molecule is [CH2]CC(N)CCCCCCCC/C=C\CCCCCCCC. The molecular weight excluding hydrogens is 266 g/mol. The van der Waals surface area contributed by atoms with Gasteiger partial charge in [0.1, 0.15) is 0 Å². The second kappa shape index (κ2) is 18.7. The predicted molar refractivity (Wildman–Crippen MR) is 102 cm³/mol. The maximum absolute atomic E-state index is 5.86. The first-order valence-electron chi connectivity index (χ1n) is 10.0. The molecule has 131 valence electrons. The highest BCUT2D eigenvalue weighted by atomic mass is 14.6. The Morgan fingerprint density at radius 1 is 0.727 bits per heavy atom. The van der Waals surface area contributed by atoms with Crippen LogP contribution in [0.1, 0.15) is 110 Å². The summed E-state index contributed by atoms with van der Waals surface area (Å²) in [6.07, 6.45) is 26.0. The zero-order chi connectivity index (χ0) is 16.3. The summed E-state index contributed by atoms with van der Waals surface area (Å²) < 4.78 is 0. The van der Waals surface area contributed by atoms with Crippen molar-refractivity contribution in [3.63, 3.8) is 0 Å². The lowest BCUT2D eigenvalue weighted by atomic mass is 10.0. The summed E-state index contributed by atoms with van der Waals surface area (Å²) in [4.78, 5) is 0. The summed E-state index contributed by atoms with van der Waals surface area (Å²) in [6.45, 7) is 6.13. The van der Waals surface area contributed by atoms with E-state index in [1.165, 1.54) is 89.9 Å². The summed E-state index contributed by atoms with van der Waals surface area (Å²) in [7, 11) is 0. The van der Waals surface area contributed by atoms with E-state index in [0.717, 1.165) is 12.8 Å². The van der Waals surface area contributed by atoms with Crippen LogP contribution in [0.3, 0.4) is 0 Å². The fraction of sp³-hybridized carbons (Fsp3) is 0.857. The minimum absolute atomic E-state index is 0.330. The van der Waals surface area contributed by atoms with E-state index in [4.69, 9.17) is 5.73 Å². The molecular formula is C21H42N. The van der Waals surface area contributed by atoms with E-state index in [1.54, 1.807) is 0 Å². The minimum Gasteiger partial charge on any atom is -0.328 e. The Labute approximate surface area is 141 Å². The Hall–Kier alpha value is -0.300. The lowest BCUT2D eigenvalue weighted by molar-refractivity contribution is 0.533. The van der Waals surface area contributed by atoms with E-state index in [1.807, 2.05) is 0 Å².